The number of halogens is 1. The van der Waals surface area contributed by atoms with Gasteiger partial charge < -0.3 is 10.2 Å². The number of aliphatic imine (C=N–C) groups is 1. The van der Waals surface area contributed by atoms with Crippen LogP contribution in [0.3, 0.4) is 0 Å². The number of nitrogens with one attached hydrogen (secondary N) is 1. The number of hydrogen-bond donors (Lipinski definition) is 1. The number of carbonyl (C=O) groups is 2. The van der Waals surface area contributed by atoms with Crippen LogP contribution in [0.1, 0.15) is 38.2 Å². The summed E-state index contributed by atoms with van der Waals surface area (Å²) >= 11 is 6.00. The first kappa shape index (κ1) is 19.6. The Hall–Kier alpha value is -2.66. The first-order valence-electron chi connectivity index (χ1n) is 9.99. The van der Waals surface area contributed by atoms with Crippen LogP contribution in [-0.4, -0.2) is 34.6 Å². The van der Waals surface area contributed by atoms with Crippen molar-refractivity contribution in [1.29, 1.82) is 0 Å². The zero-order chi connectivity index (χ0) is 20.4. The maximum Gasteiger partial charge on any atom is 0.275 e. The Morgan fingerprint density at radius 3 is 2.59 bits per heavy atom. The van der Waals surface area contributed by atoms with E-state index in [-0.39, 0.29) is 18.4 Å². The van der Waals surface area contributed by atoms with Crippen LogP contribution < -0.4 is 5.32 Å². The van der Waals surface area contributed by atoms with Crippen LogP contribution in [0.4, 0.5) is 5.69 Å². The molecule has 1 aliphatic carbocycles. The Morgan fingerprint density at radius 2 is 1.90 bits per heavy atom. The van der Waals surface area contributed by atoms with E-state index < -0.39 is 5.66 Å². The summed E-state index contributed by atoms with van der Waals surface area (Å²) in [5.41, 5.74) is 1.24. The van der Waals surface area contributed by atoms with Crippen LogP contribution in [-0.2, 0) is 9.59 Å². The number of amides is 2. The van der Waals surface area contributed by atoms with Crippen LogP contribution in [0.25, 0.3) is 0 Å². The van der Waals surface area contributed by atoms with Crippen molar-refractivity contribution in [2.24, 2.45) is 10.9 Å². The van der Waals surface area contributed by atoms with Gasteiger partial charge in [0.05, 0.1) is 0 Å². The Bertz CT molecular complexity index is 950. The molecule has 1 saturated carbocycles. The molecular formula is C23H24ClN3O2. The van der Waals surface area contributed by atoms with Gasteiger partial charge in [-0.3, -0.25) is 14.6 Å². The molecule has 150 valence electrons. The molecule has 1 heterocycles. The predicted octanol–water partition coefficient (Wildman–Crippen LogP) is 4.52. The predicted molar refractivity (Wildman–Crippen MR) is 115 cm³/mol. The monoisotopic (exact) mass is 409 g/mol. The molecule has 1 fully saturated rings. The Labute approximate surface area is 175 Å². The van der Waals surface area contributed by atoms with Crippen LogP contribution >= 0.6 is 11.6 Å². The van der Waals surface area contributed by atoms with Gasteiger partial charge in [-0.1, -0.05) is 54.9 Å². The summed E-state index contributed by atoms with van der Waals surface area (Å²) in [5, 5.41) is 3.40. The van der Waals surface area contributed by atoms with E-state index in [0.29, 0.717) is 22.3 Å². The molecule has 5 nitrogen and oxygen atoms in total. The number of benzene rings is 2. The third kappa shape index (κ3) is 4.06. The molecule has 0 aromatic heterocycles. The smallest absolute Gasteiger partial charge is 0.275 e. The highest BCUT2D eigenvalue weighted by molar-refractivity contribution is 6.47. The summed E-state index contributed by atoms with van der Waals surface area (Å²) in [6, 6.07) is 16.5. The highest BCUT2D eigenvalue weighted by Gasteiger charge is 2.49. The molecule has 4 rings (SSSR count). The van der Waals surface area contributed by atoms with Gasteiger partial charge in [0.15, 0.2) is 0 Å². The highest BCUT2D eigenvalue weighted by atomic mass is 35.5. The number of nitrogens with zero attached hydrogens (tertiary/aromatic N) is 2. The standard InChI is InChI=1S/C23H24ClN3O2/c1-16-10-12-23(13-11-16)26-21(17-6-3-2-4-7-17)22(29)27(23)15-20(28)25-19-9-5-8-18(24)14-19/h2-9,14,16H,10-13,15H2,1H3,(H,25,28). The fourth-order valence-corrected chi connectivity index (χ4v) is 4.34. The van der Waals surface area contributed by atoms with E-state index in [1.165, 1.54) is 0 Å². The summed E-state index contributed by atoms with van der Waals surface area (Å²) in [6.07, 6.45) is 3.54. The molecule has 0 radical (unpaired) electrons. The zero-order valence-electron chi connectivity index (χ0n) is 16.4. The van der Waals surface area contributed by atoms with Crippen molar-refractivity contribution in [3.63, 3.8) is 0 Å². The molecule has 0 unspecified atom stereocenters. The second kappa shape index (κ2) is 7.99. The van der Waals surface area contributed by atoms with Crippen molar-refractivity contribution in [1.82, 2.24) is 4.90 Å². The Kier molecular flexibility index (Phi) is 5.41. The van der Waals surface area contributed by atoms with Crippen molar-refractivity contribution < 1.29 is 9.59 Å². The van der Waals surface area contributed by atoms with Crippen molar-refractivity contribution in [2.75, 3.05) is 11.9 Å². The highest BCUT2D eigenvalue weighted by Crippen LogP contribution is 2.41. The van der Waals surface area contributed by atoms with Gasteiger partial charge in [0.2, 0.25) is 5.91 Å². The lowest BCUT2D eigenvalue weighted by atomic mass is 9.82. The third-order valence-electron chi connectivity index (χ3n) is 5.80. The average Bonchev–Trinajstić information content (AvgIpc) is 2.97. The Balaban J connectivity index is 1.59. The lowest BCUT2D eigenvalue weighted by molar-refractivity contribution is -0.134. The van der Waals surface area contributed by atoms with Crippen LogP contribution in [0.5, 0.6) is 0 Å². The minimum absolute atomic E-state index is 0.0282. The lowest BCUT2D eigenvalue weighted by Gasteiger charge is -2.40. The van der Waals surface area contributed by atoms with Crippen LogP contribution in [0.2, 0.25) is 5.02 Å². The van der Waals surface area contributed by atoms with Crippen molar-refractivity contribution in [3.8, 4) is 0 Å². The molecule has 0 bridgehead atoms. The Morgan fingerprint density at radius 1 is 1.17 bits per heavy atom. The molecule has 1 N–H and O–H groups in total. The van der Waals surface area contributed by atoms with Gasteiger partial charge in [-0.25, -0.2) is 0 Å². The summed E-state index contributed by atoms with van der Waals surface area (Å²) < 4.78 is 0. The van der Waals surface area contributed by atoms with Gasteiger partial charge in [-0.05, 0) is 49.8 Å². The SMILES string of the molecule is CC1CCC2(CC1)N=C(c1ccccc1)C(=O)N2CC(=O)Nc1cccc(Cl)c1. The van der Waals surface area contributed by atoms with Gasteiger partial charge in [0, 0.05) is 16.3 Å². The molecule has 2 aliphatic rings. The number of carbonyl (C=O) groups excluding carboxylic acids is 2. The minimum Gasteiger partial charge on any atom is -0.324 e. The molecule has 2 aromatic rings. The summed E-state index contributed by atoms with van der Waals surface area (Å²) in [4.78, 5) is 32.6. The quantitative estimate of drug-likeness (QED) is 0.807. The van der Waals surface area contributed by atoms with E-state index >= 15 is 0 Å². The van der Waals surface area contributed by atoms with E-state index in [4.69, 9.17) is 16.6 Å². The van der Waals surface area contributed by atoms with E-state index in [9.17, 15) is 9.59 Å². The number of anilines is 1. The first-order chi connectivity index (χ1) is 14.0. The van der Waals surface area contributed by atoms with Crippen molar-refractivity contribution >= 4 is 34.8 Å². The maximum atomic E-state index is 13.3. The molecule has 0 saturated heterocycles. The van der Waals surface area contributed by atoms with E-state index in [1.54, 1.807) is 29.2 Å². The number of hydrogen-bond acceptors (Lipinski definition) is 3. The zero-order valence-corrected chi connectivity index (χ0v) is 17.2. The van der Waals surface area contributed by atoms with Crippen LogP contribution in [0.15, 0.2) is 59.6 Å². The first-order valence-corrected chi connectivity index (χ1v) is 10.4. The molecule has 6 heteroatoms. The molecule has 1 spiro atoms. The van der Waals surface area contributed by atoms with Gasteiger partial charge in [0.25, 0.3) is 5.91 Å². The second-order valence-corrected chi connectivity index (χ2v) is 8.38. The molecule has 1 aliphatic heterocycles. The molecule has 29 heavy (non-hydrogen) atoms. The molecule has 2 amide bonds. The van der Waals surface area contributed by atoms with Gasteiger partial charge in [0.1, 0.15) is 17.9 Å². The van der Waals surface area contributed by atoms with Gasteiger partial charge >= 0.3 is 0 Å². The summed E-state index contributed by atoms with van der Waals surface area (Å²) in [6.45, 7) is 2.20. The molecular weight excluding hydrogens is 386 g/mol. The second-order valence-electron chi connectivity index (χ2n) is 7.94. The molecule has 2 aromatic carbocycles. The average molecular weight is 410 g/mol. The van der Waals surface area contributed by atoms with E-state index in [2.05, 4.69) is 12.2 Å². The van der Waals surface area contributed by atoms with E-state index in [1.807, 2.05) is 30.3 Å². The largest absolute Gasteiger partial charge is 0.324 e. The fraction of sp³-hybridized carbons (Fsp3) is 0.348. The normalized spacial score (nSPS) is 23.9. The fourth-order valence-electron chi connectivity index (χ4n) is 4.15. The topological polar surface area (TPSA) is 61.8 Å². The number of rotatable bonds is 4. The van der Waals surface area contributed by atoms with Crippen molar-refractivity contribution in [3.05, 3.63) is 65.2 Å². The maximum absolute atomic E-state index is 13.3. The van der Waals surface area contributed by atoms with Crippen molar-refractivity contribution in [2.45, 2.75) is 38.3 Å². The van der Waals surface area contributed by atoms with E-state index in [0.717, 1.165) is 31.2 Å². The lowest BCUT2D eigenvalue weighted by Crippen LogP contribution is -2.51. The molecule has 0 atom stereocenters. The summed E-state index contributed by atoms with van der Waals surface area (Å²) in [5.74, 6) is 0.184. The summed E-state index contributed by atoms with van der Waals surface area (Å²) in [7, 11) is 0. The van der Waals surface area contributed by atoms with Gasteiger partial charge in [-0.2, -0.15) is 0 Å². The van der Waals surface area contributed by atoms with Crippen LogP contribution in [0, 0.1) is 5.92 Å². The third-order valence-corrected chi connectivity index (χ3v) is 6.04. The van der Waals surface area contributed by atoms with Gasteiger partial charge in [-0.15, -0.1) is 0 Å². The minimum atomic E-state index is -0.625.